The molecule has 3 atom stereocenters. The van der Waals surface area contributed by atoms with Gasteiger partial charge in [-0.2, -0.15) is 8.42 Å². The molecule has 0 saturated heterocycles. The third-order valence-corrected chi connectivity index (χ3v) is 4.90. The maximum absolute atomic E-state index is 13.2. The second-order valence-electron chi connectivity index (χ2n) is 5.31. The van der Waals surface area contributed by atoms with Gasteiger partial charge < -0.3 is 5.32 Å². The number of rotatable bonds is 3. The third-order valence-electron chi connectivity index (χ3n) is 4.02. The number of fused-ring (bicyclic) bond motifs is 2. The number of benzene rings is 1. The van der Waals surface area contributed by atoms with Gasteiger partial charge in [0.1, 0.15) is 4.90 Å². The Morgan fingerprint density at radius 2 is 1.95 bits per heavy atom. The normalized spacial score (nSPS) is 27.8. The SMILES string of the molecule is O=C(Nc1ccccc1S(=O)(=O)F)C1CC2C=CC1C2. The van der Waals surface area contributed by atoms with Crippen molar-refractivity contribution in [3.05, 3.63) is 36.4 Å². The molecular formula is C14H14FNO3S. The highest BCUT2D eigenvalue weighted by Crippen LogP contribution is 2.43. The molecule has 0 aliphatic heterocycles. The first kappa shape index (κ1) is 13.3. The second-order valence-corrected chi connectivity index (χ2v) is 6.63. The van der Waals surface area contributed by atoms with E-state index in [1.54, 1.807) is 6.07 Å². The van der Waals surface area contributed by atoms with Crippen LogP contribution in [0.2, 0.25) is 0 Å². The molecule has 3 rings (SSSR count). The van der Waals surface area contributed by atoms with Crippen molar-refractivity contribution in [1.29, 1.82) is 0 Å². The average molecular weight is 295 g/mol. The number of allylic oxidation sites excluding steroid dienone is 2. The molecule has 20 heavy (non-hydrogen) atoms. The van der Waals surface area contributed by atoms with Gasteiger partial charge in [-0.1, -0.05) is 24.3 Å². The Labute approximate surface area is 116 Å². The standard InChI is InChI=1S/C14H14FNO3S/c15-20(18,19)13-4-2-1-3-12(13)16-14(17)11-8-9-5-6-10(11)7-9/h1-6,9-11H,7-8H2,(H,16,17). The van der Waals surface area contributed by atoms with E-state index >= 15 is 0 Å². The van der Waals surface area contributed by atoms with Crippen molar-refractivity contribution in [2.24, 2.45) is 17.8 Å². The number of hydrogen-bond acceptors (Lipinski definition) is 3. The van der Waals surface area contributed by atoms with Gasteiger partial charge >= 0.3 is 10.2 Å². The molecule has 0 aromatic heterocycles. The predicted octanol–water partition coefficient (Wildman–Crippen LogP) is 2.50. The van der Waals surface area contributed by atoms with Gasteiger partial charge in [0.15, 0.2) is 0 Å². The first-order chi connectivity index (χ1) is 9.45. The fourth-order valence-corrected chi connectivity index (χ4v) is 3.71. The highest BCUT2D eigenvalue weighted by molar-refractivity contribution is 7.86. The van der Waals surface area contributed by atoms with E-state index in [1.165, 1.54) is 12.1 Å². The minimum absolute atomic E-state index is 0.00625. The summed E-state index contributed by atoms with van der Waals surface area (Å²) in [4.78, 5) is 11.7. The van der Waals surface area contributed by atoms with Gasteiger partial charge in [0.2, 0.25) is 5.91 Å². The number of hydrogen-bond donors (Lipinski definition) is 1. The topological polar surface area (TPSA) is 63.2 Å². The number of amides is 1. The number of carbonyl (C=O) groups is 1. The summed E-state index contributed by atoms with van der Waals surface area (Å²) in [5, 5.41) is 2.55. The van der Waals surface area contributed by atoms with Gasteiger partial charge in [-0.05, 0) is 36.8 Å². The summed E-state index contributed by atoms with van der Waals surface area (Å²) in [5.41, 5.74) is 0.00625. The lowest BCUT2D eigenvalue weighted by molar-refractivity contribution is -0.120. The molecule has 4 nitrogen and oxygen atoms in total. The molecule has 0 radical (unpaired) electrons. The van der Waals surface area contributed by atoms with E-state index in [0.717, 1.165) is 18.9 Å². The summed E-state index contributed by atoms with van der Waals surface area (Å²) in [7, 11) is -4.84. The summed E-state index contributed by atoms with van der Waals surface area (Å²) >= 11 is 0. The molecule has 3 unspecified atom stereocenters. The molecule has 0 spiro atoms. The lowest BCUT2D eigenvalue weighted by Gasteiger charge is -2.18. The van der Waals surface area contributed by atoms with Crippen molar-refractivity contribution in [3.8, 4) is 0 Å². The molecule has 2 bridgehead atoms. The zero-order chi connectivity index (χ0) is 14.3. The van der Waals surface area contributed by atoms with Crippen LogP contribution in [0.1, 0.15) is 12.8 Å². The maximum Gasteiger partial charge on any atom is 0.334 e. The molecule has 1 saturated carbocycles. The molecule has 1 aromatic carbocycles. The van der Waals surface area contributed by atoms with Crippen LogP contribution in [-0.4, -0.2) is 14.3 Å². The average Bonchev–Trinajstić information content (AvgIpc) is 3.00. The van der Waals surface area contributed by atoms with Crippen LogP contribution >= 0.6 is 0 Å². The van der Waals surface area contributed by atoms with Gasteiger partial charge in [0, 0.05) is 5.92 Å². The van der Waals surface area contributed by atoms with E-state index in [2.05, 4.69) is 11.4 Å². The Morgan fingerprint density at radius 3 is 2.55 bits per heavy atom. The summed E-state index contributed by atoms with van der Waals surface area (Å²) in [6.45, 7) is 0. The molecule has 1 amide bonds. The number of carbonyl (C=O) groups excluding carboxylic acids is 1. The molecule has 1 fully saturated rings. The molecule has 106 valence electrons. The van der Waals surface area contributed by atoms with Gasteiger partial charge in [-0.3, -0.25) is 4.79 Å². The Bertz CT molecular complexity index is 683. The largest absolute Gasteiger partial charge is 0.334 e. The predicted molar refractivity (Wildman–Crippen MR) is 72.2 cm³/mol. The molecule has 6 heteroatoms. The van der Waals surface area contributed by atoms with Crippen molar-refractivity contribution < 1.29 is 17.1 Å². The van der Waals surface area contributed by atoms with E-state index in [9.17, 15) is 17.1 Å². The van der Waals surface area contributed by atoms with Crippen molar-refractivity contribution >= 4 is 21.8 Å². The van der Waals surface area contributed by atoms with E-state index in [-0.39, 0.29) is 23.4 Å². The quantitative estimate of drug-likeness (QED) is 0.688. The minimum Gasteiger partial charge on any atom is -0.325 e. The van der Waals surface area contributed by atoms with Crippen LogP contribution in [0.25, 0.3) is 0 Å². The van der Waals surface area contributed by atoms with Crippen molar-refractivity contribution in [2.75, 3.05) is 5.32 Å². The van der Waals surface area contributed by atoms with Crippen molar-refractivity contribution in [2.45, 2.75) is 17.7 Å². The number of para-hydroxylation sites is 1. The van der Waals surface area contributed by atoms with Gasteiger partial charge in [0.25, 0.3) is 0 Å². The van der Waals surface area contributed by atoms with Gasteiger partial charge in [0.05, 0.1) is 5.69 Å². The molecular weight excluding hydrogens is 281 g/mol. The Hall–Kier alpha value is -1.69. The van der Waals surface area contributed by atoms with Crippen LogP contribution in [0.5, 0.6) is 0 Å². The van der Waals surface area contributed by atoms with Crippen LogP contribution in [0, 0.1) is 17.8 Å². The zero-order valence-electron chi connectivity index (χ0n) is 10.6. The maximum atomic E-state index is 13.2. The lowest BCUT2D eigenvalue weighted by Crippen LogP contribution is -2.26. The Morgan fingerprint density at radius 1 is 1.20 bits per heavy atom. The Kier molecular flexibility index (Phi) is 3.12. The fourth-order valence-electron chi connectivity index (χ4n) is 3.09. The number of anilines is 1. The Balaban J connectivity index is 1.82. The minimum atomic E-state index is -4.84. The molecule has 2 aliphatic rings. The number of halogens is 1. The third kappa shape index (κ3) is 2.35. The lowest BCUT2D eigenvalue weighted by atomic mass is 9.93. The van der Waals surface area contributed by atoms with Crippen LogP contribution in [0.15, 0.2) is 41.3 Å². The van der Waals surface area contributed by atoms with E-state index in [4.69, 9.17) is 0 Å². The van der Waals surface area contributed by atoms with Crippen LogP contribution in [0.4, 0.5) is 9.57 Å². The van der Waals surface area contributed by atoms with Crippen LogP contribution in [-0.2, 0) is 15.0 Å². The first-order valence-electron chi connectivity index (χ1n) is 6.48. The fraction of sp³-hybridized carbons (Fsp3) is 0.357. The molecule has 1 aromatic rings. The van der Waals surface area contributed by atoms with E-state index in [0.29, 0.717) is 5.92 Å². The van der Waals surface area contributed by atoms with E-state index in [1.807, 2.05) is 6.08 Å². The highest BCUT2D eigenvalue weighted by Gasteiger charge is 2.40. The van der Waals surface area contributed by atoms with Gasteiger partial charge in [-0.15, -0.1) is 3.89 Å². The smallest absolute Gasteiger partial charge is 0.325 e. The van der Waals surface area contributed by atoms with Gasteiger partial charge in [-0.25, -0.2) is 0 Å². The summed E-state index contributed by atoms with van der Waals surface area (Å²) in [6.07, 6.45) is 5.91. The summed E-state index contributed by atoms with van der Waals surface area (Å²) in [5.74, 6) is 0.267. The monoisotopic (exact) mass is 295 g/mol. The van der Waals surface area contributed by atoms with Crippen molar-refractivity contribution in [3.63, 3.8) is 0 Å². The second kappa shape index (κ2) is 4.70. The van der Waals surface area contributed by atoms with Crippen molar-refractivity contribution in [1.82, 2.24) is 0 Å². The molecule has 0 heterocycles. The number of nitrogens with one attached hydrogen (secondary N) is 1. The highest BCUT2D eigenvalue weighted by atomic mass is 32.3. The molecule has 1 N–H and O–H groups in total. The van der Waals surface area contributed by atoms with Crippen LogP contribution in [0.3, 0.4) is 0 Å². The van der Waals surface area contributed by atoms with Crippen LogP contribution < -0.4 is 5.32 Å². The summed E-state index contributed by atoms with van der Waals surface area (Å²) < 4.78 is 35.3. The summed E-state index contributed by atoms with van der Waals surface area (Å²) in [6, 6.07) is 5.52. The van der Waals surface area contributed by atoms with E-state index < -0.39 is 15.1 Å². The first-order valence-corrected chi connectivity index (χ1v) is 7.86. The molecule has 2 aliphatic carbocycles. The zero-order valence-corrected chi connectivity index (χ0v) is 11.4.